The topological polar surface area (TPSA) is 56.9 Å². The Morgan fingerprint density at radius 2 is 1.83 bits per heavy atom. The zero-order valence-corrected chi connectivity index (χ0v) is 14.8. The number of halogens is 1. The number of rotatable bonds is 2. The molecule has 1 fully saturated rings. The molecule has 1 amide bonds. The molecule has 0 spiro atoms. The number of aromatic nitrogens is 1. The minimum Gasteiger partial charge on any atom is -0.351 e. The van der Waals surface area contributed by atoms with Crippen LogP contribution < -0.4 is 10.6 Å². The molecule has 0 saturated carbocycles. The van der Waals surface area contributed by atoms with Gasteiger partial charge >= 0.3 is 0 Å². The van der Waals surface area contributed by atoms with Crippen LogP contribution in [0.5, 0.6) is 0 Å². The van der Waals surface area contributed by atoms with Gasteiger partial charge in [-0.3, -0.25) is 4.79 Å². The van der Waals surface area contributed by atoms with Crippen molar-refractivity contribution in [3.8, 4) is 0 Å². The zero-order valence-electron chi connectivity index (χ0n) is 14.1. The lowest BCUT2D eigenvalue weighted by atomic mass is 9.79. The van der Waals surface area contributed by atoms with Crippen molar-refractivity contribution < 1.29 is 4.79 Å². The molecule has 0 bridgehead atoms. The number of benzene rings is 1. The second-order valence-electron chi connectivity index (χ2n) is 7.89. The van der Waals surface area contributed by atoms with Crippen LogP contribution >= 0.6 is 11.6 Å². The predicted molar refractivity (Wildman–Crippen MR) is 95.1 cm³/mol. The Labute approximate surface area is 142 Å². The lowest BCUT2D eigenvalue weighted by Crippen LogP contribution is -2.62. The third-order valence-corrected chi connectivity index (χ3v) is 4.59. The molecule has 0 aliphatic carbocycles. The third-order valence-electron chi connectivity index (χ3n) is 4.35. The molecule has 3 N–H and O–H groups in total. The average Bonchev–Trinajstić information content (AvgIpc) is 2.77. The van der Waals surface area contributed by atoms with Crippen molar-refractivity contribution in [1.82, 2.24) is 15.6 Å². The molecule has 1 aliphatic heterocycles. The maximum atomic E-state index is 12.6. The number of carbonyl (C=O) groups is 1. The van der Waals surface area contributed by atoms with Gasteiger partial charge in [0.25, 0.3) is 5.91 Å². The Bertz CT molecular complexity index is 732. The van der Waals surface area contributed by atoms with E-state index in [1.165, 1.54) is 0 Å². The van der Waals surface area contributed by atoms with Gasteiger partial charge in [0.05, 0.1) is 0 Å². The molecule has 2 heterocycles. The Hall–Kier alpha value is -1.52. The largest absolute Gasteiger partial charge is 0.351 e. The van der Waals surface area contributed by atoms with Crippen LogP contribution in [0, 0.1) is 0 Å². The van der Waals surface area contributed by atoms with E-state index in [0.29, 0.717) is 10.7 Å². The van der Waals surface area contributed by atoms with Gasteiger partial charge in [0.15, 0.2) is 0 Å². The molecule has 3 rings (SSSR count). The summed E-state index contributed by atoms with van der Waals surface area (Å²) in [6.45, 7) is 8.71. The summed E-state index contributed by atoms with van der Waals surface area (Å²) in [4.78, 5) is 15.8. The van der Waals surface area contributed by atoms with Gasteiger partial charge in [-0.25, -0.2) is 0 Å². The van der Waals surface area contributed by atoms with Crippen molar-refractivity contribution in [2.24, 2.45) is 0 Å². The molecular weight excluding hydrogens is 310 g/mol. The molecule has 0 unspecified atom stereocenters. The summed E-state index contributed by atoms with van der Waals surface area (Å²) in [6, 6.07) is 7.59. The van der Waals surface area contributed by atoms with Crippen LogP contribution in [0.2, 0.25) is 5.02 Å². The summed E-state index contributed by atoms with van der Waals surface area (Å²) in [5, 5.41) is 8.43. The van der Waals surface area contributed by atoms with E-state index in [-0.39, 0.29) is 23.0 Å². The lowest BCUT2D eigenvalue weighted by molar-refractivity contribution is 0.0869. The summed E-state index contributed by atoms with van der Waals surface area (Å²) >= 11 is 6.00. The molecule has 5 heteroatoms. The molecule has 124 valence electrons. The Kier molecular flexibility index (Phi) is 3.93. The molecule has 1 saturated heterocycles. The summed E-state index contributed by atoms with van der Waals surface area (Å²) in [7, 11) is 0. The van der Waals surface area contributed by atoms with Crippen LogP contribution in [-0.2, 0) is 0 Å². The Morgan fingerprint density at radius 1 is 1.17 bits per heavy atom. The average molecular weight is 334 g/mol. The van der Waals surface area contributed by atoms with Crippen molar-refractivity contribution in [1.29, 1.82) is 0 Å². The van der Waals surface area contributed by atoms with Gasteiger partial charge in [-0.15, -0.1) is 0 Å². The number of amides is 1. The van der Waals surface area contributed by atoms with Gasteiger partial charge in [0, 0.05) is 33.0 Å². The third kappa shape index (κ3) is 3.70. The summed E-state index contributed by atoms with van der Waals surface area (Å²) in [5.41, 5.74) is 1.52. The van der Waals surface area contributed by atoms with Crippen LogP contribution in [0.15, 0.2) is 24.3 Å². The van der Waals surface area contributed by atoms with Crippen LogP contribution in [0.1, 0.15) is 51.0 Å². The predicted octanol–water partition coefficient (Wildman–Crippen LogP) is 3.86. The van der Waals surface area contributed by atoms with Crippen molar-refractivity contribution in [2.45, 2.75) is 57.7 Å². The monoisotopic (exact) mass is 333 g/mol. The van der Waals surface area contributed by atoms with Crippen molar-refractivity contribution in [3.05, 3.63) is 35.0 Å². The maximum absolute atomic E-state index is 12.6. The molecule has 1 aromatic carbocycles. The van der Waals surface area contributed by atoms with Gasteiger partial charge in [0.2, 0.25) is 0 Å². The van der Waals surface area contributed by atoms with E-state index in [1.54, 1.807) is 0 Å². The van der Waals surface area contributed by atoms with Crippen LogP contribution in [0.25, 0.3) is 10.9 Å². The number of carbonyl (C=O) groups excluding carboxylic acids is 1. The van der Waals surface area contributed by atoms with E-state index in [0.717, 1.165) is 23.7 Å². The lowest BCUT2D eigenvalue weighted by Gasteiger charge is -2.46. The van der Waals surface area contributed by atoms with Gasteiger partial charge in [-0.1, -0.05) is 11.6 Å². The fraction of sp³-hybridized carbons (Fsp3) is 0.500. The van der Waals surface area contributed by atoms with E-state index < -0.39 is 0 Å². The van der Waals surface area contributed by atoms with Gasteiger partial charge in [-0.2, -0.15) is 0 Å². The number of hydrogen-bond donors (Lipinski definition) is 3. The first-order chi connectivity index (χ1) is 10.6. The SMILES string of the molecule is CC1(C)CC(NC(=O)c2cc3cc(Cl)ccc3[nH]2)CC(C)(C)N1. The van der Waals surface area contributed by atoms with Crippen molar-refractivity contribution in [2.75, 3.05) is 0 Å². The molecule has 1 aliphatic rings. The van der Waals surface area contributed by atoms with E-state index in [9.17, 15) is 4.79 Å². The maximum Gasteiger partial charge on any atom is 0.267 e. The second-order valence-corrected chi connectivity index (χ2v) is 8.32. The fourth-order valence-corrected chi connectivity index (χ4v) is 4.09. The smallest absolute Gasteiger partial charge is 0.267 e. The van der Waals surface area contributed by atoms with E-state index >= 15 is 0 Å². The molecule has 2 aromatic rings. The normalized spacial score (nSPS) is 20.6. The molecular formula is C18H24ClN3O. The minimum atomic E-state index is -0.0594. The Morgan fingerprint density at radius 3 is 2.48 bits per heavy atom. The first-order valence-electron chi connectivity index (χ1n) is 8.02. The van der Waals surface area contributed by atoms with Crippen LogP contribution in [0.4, 0.5) is 0 Å². The summed E-state index contributed by atoms with van der Waals surface area (Å²) in [5.74, 6) is -0.0594. The number of fused-ring (bicyclic) bond motifs is 1. The quantitative estimate of drug-likeness (QED) is 0.781. The highest BCUT2D eigenvalue weighted by Gasteiger charge is 2.38. The minimum absolute atomic E-state index is 0.00761. The zero-order chi connectivity index (χ0) is 16.8. The Balaban J connectivity index is 1.77. The fourth-order valence-electron chi connectivity index (χ4n) is 3.91. The number of H-pyrrole nitrogens is 1. The number of hydrogen-bond acceptors (Lipinski definition) is 2. The number of nitrogens with one attached hydrogen (secondary N) is 3. The summed E-state index contributed by atoms with van der Waals surface area (Å²) < 4.78 is 0. The molecule has 0 radical (unpaired) electrons. The molecule has 23 heavy (non-hydrogen) atoms. The first kappa shape index (κ1) is 16.3. The highest BCUT2D eigenvalue weighted by atomic mass is 35.5. The number of aromatic amines is 1. The van der Waals surface area contributed by atoms with Gasteiger partial charge in [0.1, 0.15) is 5.69 Å². The van der Waals surface area contributed by atoms with Crippen LogP contribution in [0.3, 0.4) is 0 Å². The van der Waals surface area contributed by atoms with E-state index in [4.69, 9.17) is 11.6 Å². The highest BCUT2D eigenvalue weighted by molar-refractivity contribution is 6.31. The standard InChI is InChI=1S/C18H24ClN3O/c1-17(2)9-13(10-18(3,4)22-17)20-16(23)15-8-11-7-12(19)5-6-14(11)21-15/h5-8,13,21-22H,9-10H2,1-4H3,(H,20,23). The number of piperidine rings is 1. The summed E-state index contributed by atoms with van der Waals surface area (Å²) in [6.07, 6.45) is 1.82. The second kappa shape index (κ2) is 5.53. The van der Waals surface area contributed by atoms with Crippen molar-refractivity contribution in [3.63, 3.8) is 0 Å². The van der Waals surface area contributed by atoms with Crippen LogP contribution in [-0.4, -0.2) is 28.0 Å². The van der Waals surface area contributed by atoms with Gasteiger partial charge in [-0.05, 0) is 64.8 Å². The molecule has 4 nitrogen and oxygen atoms in total. The molecule has 0 atom stereocenters. The highest BCUT2D eigenvalue weighted by Crippen LogP contribution is 2.29. The van der Waals surface area contributed by atoms with Gasteiger partial charge < -0.3 is 15.6 Å². The van der Waals surface area contributed by atoms with E-state index in [1.807, 2.05) is 24.3 Å². The van der Waals surface area contributed by atoms with E-state index in [2.05, 4.69) is 43.3 Å². The van der Waals surface area contributed by atoms with Crippen molar-refractivity contribution >= 4 is 28.4 Å². The molecule has 1 aromatic heterocycles. The first-order valence-corrected chi connectivity index (χ1v) is 8.40.